The van der Waals surface area contributed by atoms with Crippen molar-refractivity contribution in [3.63, 3.8) is 0 Å². The topological polar surface area (TPSA) is 96.7 Å². The van der Waals surface area contributed by atoms with Gasteiger partial charge in [0.1, 0.15) is 11.8 Å². The Bertz CT molecular complexity index is 757. The number of ether oxygens (including phenoxy) is 2. The van der Waals surface area contributed by atoms with Gasteiger partial charge < -0.3 is 9.47 Å². The number of piperidine rings is 1. The van der Waals surface area contributed by atoms with Gasteiger partial charge in [-0.05, 0) is 50.8 Å². The monoisotopic (exact) mass is 380 g/mol. The second-order valence-corrected chi connectivity index (χ2v) is 8.07. The van der Waals surface area contributed by atoms with Crippen LogP contribution in [0.3, 0.4) is 0 Å². The molecule has 7 nitrogen and oxygen atoms in total. The number of rotatable bonds is 8. The average molecular weight is 380 g/mol. The molecule has 0 radical (unpaired) electrons. The second kappa shape index (κ2) is 9.55. The molecule has 0 spiro atoms. The van der Waals surface area contributed by atoms with E-state index >= 15 is 0 Å². The maximum absolute atomic E-state index is 12.6. The number of benzene rings is 1. The van der Waals surface area contributed by atoms with Crippen LogP contribution in [0.1, 0.15) is 38.2 Å². The number of nitriles is 1. The molecule has 1 aliphatic heterocycles. The SMILES string of the molecule is CCOC(=O)C1CCCCN1S(=O)(=O)CCCOc1cccc(C#N)c1. The summed E-state index contributed by atoms with van der Waals surface area (Å²) in [6.07, 6.45) is 2.35. The lowest BCUT2D eigenvalue weighted by Crippen LogP contribution is -2.49. The van der Waals surface area contributed by atoms with Crippen LogP contribution in [0.4, 0.5) is 0 Å². The van der Waals surface area contributed by atoms with Crippen molar-refractivity contribution in [3.8, 4) is 11.8 Å². The molecule has 0 saturated carbocycles. The molecular weight excluding hydrogens is 356 g/mol. The highest BCUT2D eigenvalue weighted by atomic mass is 32.2. The van der Waals surface area contributed by atoms with Crippen LogP contribution in [-0.2, 0) is 19.6 Å². The fourth-order valence-corrected chi connectivity index (χ4v) is 4.62. The molecule has 0 N–H and O–H groups in total. The average Bonchev–Trinajstić information content (AvgIpc) is 2.65. The molecule has 1 heterocycles. The molecule has 26 heavy (non-hydrogen) atoms. The number of carbonyl (C=O) groups excluding carboxylic acids is 1. The van der Waals surface area contributed by atoms with Gasteiger partial charge in [-0.15, -0.1) is 0 Å². The van der Waals surface area contributed by atoms with Gasteiger partial charge in [0.2, 0.25) is 10.0 Å². The molecule has 1 fully saturated rings. The van der Waals surface area contributed by atoms with E-state index in [-0.39, 0.29) is 19.0 Å². The minimum Gasteiger partial charge on any atom is -0.494 e. The van der Waals surface area contributed by atoms with Crippen molar-refractivity contribution in [1.82, 2.24) is 4.31 Å². The maximum atomic E-state index is 12.6. The van der Waals surface area contributed by atoms with E-state index in [0.717, 1.165) is 12.8 Å². The molecule has 1 atom stereocenters. The van der Waals surface area contributed by atoms with Crippen LogP contribution in [0.15, 0.2) is 24.3 Å². The van der Waals surface area contributed by atoms with Crippen LogP contribution in [0, 0.1) is 11.3 Å². The molecule has 0 aromatic heterocycles. The van der Waals surface area contributed by atoms with E-state index in [2.05, 4.69) is 0 Å². The Morgan fingerprint density at radius 3 is 2.92 bits per heavy atom. The largest absolute Gasteiger partial charge is 0.494 e. The fourth-order valence-electron chi connectivity index (χ4n) is 2.92. The van der Waals surface area contributed by atoms with Gasteiger partial charge in [-0.2, -0.15) is 9.57 Å². The molecule has 1 aromatic rings. The van der Waals surface area contributed by atoms with Crippen LogP contribution in [0.2, 0.25) is 0 Å². The van der Waals surface area contributed by atoms with E-state index in [9.17, 15) is 13.2 Å². The quantitative estimate of drug-likeness (QED) is 0.506. The maximum Gasteiger partial charge on any atom is 0.324 e. The number of nitrogens with zero attached hydrogens (tertiary/aromatic N) is 2. The first kappa shape index (κ1) is 20.2. The minimum absolute atomic E-state index is 0.0964. The molecule has 1 unspecified atom stereocenters. The third kappa shape index (κ3) is 5.44. The van der Waals surface area contributed by atoms with Gasteiger partial charge in [0.15, 0.2) is 0 Å². The number of sulfonamides is 1. The van der Waals surface area contributed by atoms with Crippen molar-refractivity contribution in [2.75, 3.05) is 25.5 Å². The lowest BCUT2D eigenvalue weighted by atomic mass is 10.1. The molecule has 2 rings (SSSR count). The van der Waals surface area contributed by atoms with E-state index in [1.165, 1.54) is 4.31 Å². The summed E-state index contributed by atoms with van der Waals surface area (Å²) in [5.41, 5.74) is 0.487. The molecule has 0 bridgehead atoms. The Balaban J connectivity index is 1.90. The van der Waals surface area contributed by atoms with Crippen molar-refractivity contribution >= 4 is 16.0 Å². The highest BCUT2D eigenvalue weighted by Crippen LogP contribution is 2.22. The predicted octanol–water partition coefficient (Wildman–Crippen LogP) is 2.07. The molecule has 1 aromatic carbocycles. The summed E-state index contributed by atoms with van der Waals surface area (Å²) in [5.74, 6) is -0.0370. The Labute approximate surface area is 154 Å². The smallest absolute Gasteiger partial charge is 0.324 e. The molecule has 1 saturated heterocycles. The first-order valence-corrected chi connectivity index (χ1v) is 10.4. The van der Waals surface area contributed by atoms with Crippen molar-refractivity contribution in [2.45, 2.75) is 38.6 Å². The van der Waals surface area contributed by atoms with E-state index in [1.807, 2.05) is 6.07 Å². The standard InChI is InChI=1S/C18H24N2O5S/c1-2-24-18(21)17-9-3-4-10-20(17)26(22,23)12-6-11-25-16-8-5-7-15(13-16)14-19/h5,7-8,13,17H,2-4,6,9-12H2,1H3. The van der Waals surface area contributed by atoms with Crippen LogP contribution < -0.4 is 4.74 Å². The predicted molar refractivity (Wildman–Crippen MR) is 96.0 cm³/mol. The molecule has 8 heteroatoms. The van der Waals surface area contributed by atoms with Crippen LogP contribution in [-0.4, -0.2) is 50.2 Å². The molecule has 142 valence electrons. The van der Waals surface area contributed by atoms with Gasteiger partial charge in [0, 0.05) is 6.54 Å². The van der Waals surface area contributed by atoms with Gasteiger partial charge in [-0.25, -0.2) is 8.42 Å². The number of hydrogen-bond donors (Lipinski definition) is 0. The summed E-state index contributed by atoms with van der Waals surface area (Å²) in [6, 6.07) is 8.01. The summed E-state index contributed by atoms with van der Waals surface area (Å²) in [6.45, 7) is 2.50. The highest BCUT2D eigenvalue weighted by Gasteiger charge is 2.37. The molecule has 0 amide bonds. The third-order valence-corrected chi connectivity index (χ3v) is 6.10. The van der Waals surface area contributed by atoms with Gasteiger partial charge in [-0.3, -0.25) is 4.79 Å². The summed E-state index contributed by atoms with van der Waals surface area (Å²) in [5, 5.41) is 8.86. The Morgan fingerprint density at radius 1 is 1.38 bits per heavy atom. The zero-order chi connectivity index (χ0) is 19.0. The fraction of sp³-hybridized carbons (Fsp3) is 0.556. The first-order valence-electron chi connectivity index (χ1n) is 8.77. The van der Waals surface area contributed by atoms with E-state index < -0.39 is 22.0 Å². The van der Waals surface area contributed by atoms with Crippen molar-refractivity contribution in [2.24, 2.45) is 0 Å². The van der Waals surface area contributed by atoms with Crippen molar-refractivity contribution in [1.29, 1.82) is 5.26 Å². The first-order chi connectivity index (χ1) is 12.5. The Hall–Kier alpha value is -2.11. The zero-order valence-electron chi connectivity index (χ0n) is 14.9. The van der Waals surface area contributed by atoms with Crippen molar-refractivity contribution in [3.05, 3.63) is 29.8 Å². The Morgan fingerprint density at radius 2 is 2.19 bits per heavy atom. The lowest BCUT2D eigenvalue weighted by molar-refractivity contribution is -0.148. The van der Waals surface area contributed by atoms with E-state index in [4.69, 9.17) is 14.7 Å². The Kier molecular flexibility index (Phi) is 7.42. The second-order valence-electron chi connectivity index (χ2n) is 6.03. The van der Waals surface area contributed by atoms with Crippen LogP contribution in [0.5, 0.6) is 5.75 Å². The summed E-state index contributed by atoms with van der Waals surface area (Å²) >= 11 is 0. The lowest BCUT2D eigenvalue weighted by Gasteiger charge is -2.32. The summed E-state index contributed by atoms with van der Waals surface area (Å²) < 4.78 is 37.1. The normalized spacial score (nSPS) is 18.1. The van der Waals surface area contributed by atoms with E-state index in [1.54, 1.807) is 31.2 Å². The van der Waals surface area contributed by atoms with Crippen molar-refractivity contribution < 1.29 is 22.7 Å². The zero-order valence-corrected chi connectivity index (χ0v) is 15.7. The van der Waals surface area contributed by atoms with Gasteiger partial charge in [-0.1, -0.05) is 6.07 Å². The van der Waals surface area contributed by atoms with Gasteiger partial charge in [0.25, 0.3) is 0 Å². The summed E-state index contributed by atoms with van der Waals surface area (Å²) in [7, 11) is -3.56. The van der Waals surface area contributed by atoms with Crippen LogP contribution in [0.25, 0.3) is 0 Å². The number of carbonyl (C=O) groups is 1. The van der Waals surface area contributed by atoms with Gasteiger partial charge >= 0.3 is 5.97 Å². The number of esters is 1. The van der Waals surface area contributed by atoms with Crippen LogP contribution >= 0.6 is 0 Å². The highest BCUT2D eigenvalue weighted by molar-refractivity contribution is 7.89. The minimum atomic E-state index is -3.56. The summed E-state index contributed by atoms with van der Waals surface area (Å²) in [4.78, 5) is 12.1. The van der Waals surface area contributed by atoms with E-state index in [0.29, 0.717) is 30.7 Å². The molecular formula is C18H24N2O5S. The molecule has 1 aliphatic rings. The van der Waals surface area contributed by atoms with Gasteiger partial charge in [0.05, 0.1) is 30.6 Å². The third-order valence-electron chi connectivity index (χ3n) is 4.15. The molecule has 0 aliphatic carbocycles. The number of hydrogen-bond acceptors (Lipinski definition) is 6.